The minimum absolute atomic E-state index is 0.202. The van der Waals surface area contributed by atoms with Crippen LogP contribution < -0.4 is 0 Å². The Morgan fingerprint density at radius 1 is 0.634 bits per heavy atom. The molecule has 0 bridgehead atoms. The second kappa shape index (κ2) is 13.2. The Morgan fingerprint density at radius 2 is 1.22 bits per heavy atom. The fraction of sp³-hybridized carbons (Fsp3) is 0.114. The summed E-state index contributed by atoms with van der Waals surface area (Å²) < 4.78 is 0. The normalized spacial score (nSPS) is 14.6. The highest BCUT2D eigenvalue weighted by Crippen LogP contribution is 2.30. The Morgan fingerprint density at radius 3 is 1.85 bits per heavy atom. The van der Waals surface area contributed by atoms with E-state index in [-0.39, 0.29) is 6.17 Å². The number of benzene rings is 3. The second-order valence-corrected chi connectivity index (χ2v) is 9.43. The zero-order valence-corrected chi connectivity index (χ0v) is 23.5. The molecule has 1 aliphatic rings. The fourth-order valence-corrected chi connectivity index (χ4v) is 4.56. The van der Waals surface area contributed by atoms with E-state index in [0.29, 0.717) is 0 Å². The van der Waals surface area contributed by atoms with Crippen LogP contribution in [0.25, 0.3) is 22.3 Å². The maximum absolute atomic E-state index is 5.12. The van der Waals surface area contributed by atoms with Crippen molar-refractivity contribution in [3.05, 3.63) is 145 Å². The van der Waals surface area contributed by atoms with Crippen LogP contribution in [0.3, 0.4) is 0 Å². The van der Waals surface area contributed by atoms with Crippen molar-refractivity contribution >= 4 is 17.9 Å². The summed E-state index contributed by atoms with van der Waals surface area (Å²) in [6, 6.07) is 35.3. The van der Waals surface area contributed by atoms with Crippen molar-refractivity contribution < 1.29 is 0 Å². The zero-order valence-electron chi connectivity index (χ0n) is 23.5. The first-order valence-electron chi connectivity index (χ1n) is 13.5. The maximum atomic E-state index is 5.12. The Balaban J connectivity index is 0.000000794. The van der Waals surface area contributed by atoms with Gasteiger partial charge in [-0.05, 0) is 59.2 Å². The van der Waals surface area contributed by atoms with Gasteiger partial charge in [0.25, 0.3) is 0 Å². The van der Waals surface area contributed by atoms with Gasteiger partial charge >= 0.3 is 0 Å². The molecule has 1 aliphatic heterocycles. The minimum atomic E-state index is -0.202. The van der Waals surface area contributed by atoms with Gasteiger partial charge in [0.2, 0.25) is 0 Å². The molecule has 1 atom stereocenters. The van der Waals surface area contributed by atoms with Crippen molar-refractivity contribution in [3.63, 3.8) is 0 Å². The zero-order chi connectivity index (χ0) is 28.4. The summed E-state index contributed by atoms with van der Waals surface area (Å²) in [4.78, 5) is 24.3. The van der Waals surface area contributed by atoms with Gasteiger partial charge in [-0.1, -0.05) is 84.9 Å². The molecule has 0 N–H and O–H groups in total. The Hall–Kier alpha value is -5.23. The van der Waals surface area contributed by atoms with Crippen molar-refractivity contribution in [3.8, 4) is 22.3 Å². The summed E-state index contributed by atoms with van der Waals surface area (Å²) in [6.45, 7) is 1.89. The molecule has 41 heavy (non-hydrogen) atoms. The first-order chi connectivity index (χ1) is 20.2. The minimum Gasteiger partial charge on any atom is -0.333 e. The van der Waals surface area contributed by atoms with Crippen molar-refractivity contribution in [1.82, 2.24) is 14.9 Å². The number of aromatic nitrogens is 2. The van der Waals surface area contributed by atoms with E-state index in [4.69, 9.17) is 9.98 Å². The molecule has 1 unspecified atom stereocenters. The van der Waals surface area contributed by atoms with Crippen LogP contribution in [0.4, 0.5) is 0 Å². The first kappa shape index (κ1) is 27.3. The van der Waals surface area contributed by atoms with E-state index in [2.05, 4.69) is 93.6 Å². The predicted octanol–water partition coefficient (Wildman–Crippen LogP) is 7.36. The molecule has 0 saturated carbocycles. The number of rotatable bonds is 5. The quantitative estimate of drug-likeness (QED) is 0.221. The number of hydrogen-bond donors (Lipinski definition) is 0. The van der Waals surface area contributed by atoms with Gasteiger partial charge in [-0.2, -0.15) is 0 Å². The molecule has 0 spiro atoms. The summed E-state index contributed by atoms with van der Waals surface area (Å²) in [5, 5.41) is 0. The molecule has 2 aromatic heterocycles. The van der Waals surface area contributed by atoms with Gasteiger partial charge in [-0.3, -0.25) is 9.97 Å². The van der Waals surface area contributed by atoms with E-state index in [1.165, 1.54) is 0 Å². The molecule has 6 nitrogen and oxygen atoms in total. The SMILES string of the molecule is CC=NC.CN1C(c2ccccc2)=NC(c2ccc(-c3cccnc3)cc2)=NC1c1ccc(-c2ccncc2)cc1. The number of aliphatic imine (C=N–C) groups is 3. The van der Waals surface area contributed by atoms with Crippen LogP contribution in [-0.4, -0.2) is 46.8 Å². The molecule has 6 heteroatoms. The summed E-state index contributed by atoms with van der Waals surface area (Å²) in [6.07, 6.45) is 8.84. The Labute approximate surface area is 241 Å². The van der Waals surface area contributed by atoms with Gasteiger partial charge in [0, 0.05) is 50.0 Å². The molecule has 0 aliphatic carbocycles. The van der Waals surface area contributed by atoms with Crippen molar-refractivity contribution in [2.75, 3.05) is 14.1 Å². The molecule has 5 aromatic rings. The molecule has 202 valence electrons. The molecule has 3 aromatic carbocycles. The predicted molar refractivity (Wildman–Crippen MR) is 169 cm³/mol. The van der Waals surface area contributed by atoms with E-state index in [1.807, 2.05) is 61.9 Å². The highest BCUT2D eigenvalue weighted by atomic mass is 15.3. The van der Waals surface area contributed by atoms with Gasteiger partial charge in [0.15, 0.2) is 5.84 Å². The van der Waals surface area contributed by atoms with Crippen molar-refractivity contribution in [2.24, 2.45) is 15.0 Å². The Kier molecular flexibility index (Phi) is 8.81. The third-order valence-corrected chi connectivity index (χ3v) is 6.81. The lowest BCUT2D eigenvalue weighted by molar-refractivity contribution is 0.383. The van der Waals surface area contributed by atoms with Crippen LogP contribution >= 0.6 is 0 Å². The van der Waals surface area contributed by atoms with Crippen LogP contribution in [0.15, 0.2) is 143 Å². The monoisotopic (exact) mass is 536 g/mol. The molecule has 0 fully saturated rings. The van der Waals surface area contributed by atoms with E-state index >= 15 is 0 Å². The number of amidine groups is 2. The number of nitrogens with zero attached hydrogens (tertiary/aromatic N) is 6. The third kappa shape index (κ3) is 6.50. The summed E-state index contributed by atoms with van der Waals surface area (Å²) in [7, 11) is 3.80. The number of pyridine rings is 2. The highest BCUT2D eigenvalue weighted by Gasteiger charge is 2.26. The third-order valence-electron chi connectivity index (χ3n) is 6.81. The lowest BCUT2D eigenvalue weighted by Crippen LogP contribution is -2.35. The molecule has 0 saturated heterocycles. The first-order valence-corrected chi connectivity index (χ1v) is 13.5. The average molecular weight is 537 g/mol. The van der Waals surface area contributed by atoms with Crippen molar-refractivity contribution in [2.45, 2.75) is 13.1 Å². The van der Waals surface area contributed by atoms with Crippen LogP contribution in [0.1, 0.15) is 29.8 Å². The second-order valence-electron chi connectivity index (χ2n) is 9.43. The van der Waals surface area contributed by atoms with Gasteiger partial charge in [0.1, 0.15) is 12.0 Å². The van der Waals surface area contributed by atoms with Crippen LogP contribution in [0.2, 0.25) is 0 Å². The molecular weight excluding hydrogens is 504 g/mol. The van der Waals surface area contributed by atoms with Gasteiger partial charge < -0.3 is 9.89 Å². The lowest BCUT2D eigenvalue weighted by Gasteiger charge is -2.32. The van der Waals surface area contributed by atoms with Crippen LogP contribution in [0, 0.1) is 0 Å². The smallest absolute Gasteiger partial charge is 0.159 e. The van der Waals surface area contributed by atoms with Crippen LogP contribution in [-0.2, 0) is 0 Å². The molecule has 0 radical (unpaired) electrons. The lowest BCUT2D eigenvalue weighted by atomic mass is 10.0. The standard InChI is InChI=1S/C32H25N5.C3H7N/c1-37-31(27-6-3-2-4-7-27)35-30(26-13-9-24(10-14-26)29-8-5-19-34-22-29)36-32(37)28-15-11-23(12-16-28)25-17-20-33-21-18-25;1-3-4-2/h2-22,32H,1H3;3H,1-2H3. The average Bonchev–Trinajstić information content (AvgIpc) is 3.06. The highest BCUT2D eigenvalue weighted by molar-refractivity contribution is 6.13. The van der Waals surface area contributed by atoms with Crippen LogP contribution in [0.5, 0.6) is 0 Å². The van der Waals surface area contributed by atoms with Gasteiger partial charge in [-0.15, -0.1) is 0 Å². The van der Waals surface area contributed by atoms with E-state index in [0.717, 1.165) is 50.6 Å². The maximum Gasteiger partial charge on any atom is 0.159 e. The molecular formula is C35H32N6. The fourth-order valence-electron chi connectivity index (χ4n) is 4.56. The van der Waals surface area contributed by atoms with Gasteiger partial charge in [0.05, 0.1) is 0 Å². The van der Waals surface area contributed by atoms with Crippen molar-refractivity contribution in [1.29, 1.82) is 0 Å². The van der Waals surface area contributed by atoms with Gasteiger partial charge in [-0.25, -0.2) is 9.98 Å². The molecule has 3 heterocycles. The largest absolute Gasteiger partial charge is 0.333 e. The summed E-state index contributed by atoms with van der Waals surface area (Å²) >= 11 is 0. The van der Waals surface area contributed by atoms with E-state index in [9.17, 15) is 0 Å². The Bertz CT molecular complexity index is 1620. The van der Waals surface area contributed by atoms with E-state index < -0.39 is 0 Å². The molecule has 0 amide bonds. The topological polar surface area (TPSA) is 66.1 Å². The van der Waals surface area contributed by atoms with E-state index in [1.54, 1.807) is 19.5 Å². The summed E-state index contributed by atoms with van der Waals surface area (Å²) in [5.74, 6) is 1.61. The number of hydrogen-bond acceptors (Lipinski definition) is 6. The molecule has 6 rings (SSSR count). The summed E-state index contributed by atoms with van der Waals surface area (Å²) in [5.41, 5.74) is 7.63.